The Balaban J connectivity index is 2.33. The molecular weight excluding hydrogens is 355 g/mol. The Labute approximate surface area is 117 Å². The minimum absolute atomic E-state index is 0.283. The zero-order valence-electron chi connectivity index (χ0n) is 8.58. The molecular formula is C12H8ClFINO. The Morgan fingerprint density at radius 3 is 2.71 bits per heavy atom. The SMILES string of the molecule is Nc1cc(I)c(F)cc1Oc1cccc(Cl)c1. The fourth-order valence-corrected chi connectivity index (χ4v) is 1.96. The molecule has 0 aliphatic heterocycles. The third-order valence-corrected chi connectivity index (χ3v) is 3.14. The van der Waals surface area contributed by atoms with Crippen LogP contribution in [0.4, 0.5) is 10.1 Å². The molecule has 2 aromatic carbocycles. The molecule has 0 radical (unpaired) electrons. The first kappa shape index (κ1) is 12.4. The van der Waals surface area contributed by atoms with Gasteiger partial charge in [0.15, 0.2) is 5.75 Å². The third kappa shape index (κ3) is 3.01. The molecule has 2 nitrogen and oxygen atoms in total. The highest BCUT2D eigenvalue weighted by molar-refractivity contribution is 14.1. The Bertz CT molecular complexity index is 562. The third-order valence-electron chi connectivity index (χ3n) is 2.08. The van der Waals surface area contributed by atoms with Gasteiger partial charge in [0.1, 0.15) is 11.6 Å². The summed E-state index contributed by atoms with van der Waals surface area (Å²) in [7, 11) is 0. The lowest BCUT2D eigenvalue weighted by Gasteiger charge is -2.09. The standard InChI is InChI=1S/C12H8ClFINO/c13-7-2-1-3-8(4-7)17-12-5-9(14)10(15)6-11(12)16/h1-6H,16H2. The van der Waals surface area contributed by atoms with E-state index in [9.17, 15) is 4.39 Å². The largest absolute Gasteiger partial charge is 0.455 e. The summed E-state index contributed by atoms with van der Waals surface area (Å²) in [5.74, 6) is 0.437. The first-order valence-corrected chi connectivity index (χ1v) is 6.20. The van der Waals surface area contributed by atoms with Crippen LogP contribution in [0.25, 0.3) is 0 Å². The minimum atomic E-state index is -0.364. The van der Waals surface area contributed by atoms with Crippen LogP contribution in [0.5, 0.6) is 11.5 Å². The molecule has 0 aliphatic rings. The predicted molar refractivity (Wildman–Crippen MR) is 75.1 cm³/mol. The van der Waals surface area contributed by atoms with Crippen LogP contribution in [0.2, 0.25) is 5.02 Å². The highest BCUT2D eigenvalue weighted by Gasteiger charge is 2.08. The quantitative estimate of drug-likeness (QED) is 0.632. The van der Waals surface area contributed by atoms with Gasteiger partial charge in [0, 0.05) is 11.1 Å². The summed E-state index contributed by atoms with van der Waals surface area (Å²) in [5.41, 5.74) is 6.13. The summed E-state index contributed by atoms with van der Waals surface area (Å²) < 4.78 is 19.3. The molecule has 17 heavy (non-hydrogen) atoms. The lowest BCUT2D eigenvalue weighted by molar-refractivity contribution is 0.478. The molecule has 0 bridgehead atoms. The number of hydrogen-bond donors (Lipinski definition) is 1. The van der Waals surface area contributed by atoms with Gasteiger partial charge in [0.2, 0.25) is 0 Å². The molecule has 88 valence electrons. The molecule has 2 aromatic rings. The van der Waals surface area contributed by atoms with E-state index < -0.39 is 0 Å². The first-order valence-electron chi connectivity index (χ1n) is 4.74. The van der Waals surface area contributed by atoms with Crippen molar-refractivity contribution in [2.24, 2.45) is 0 Å². The number of halogens is 3. The van der Waals surface area contributed by atoms with E-state index in [0.29, 0.717) is 20.0 Å². The van der Waals surface area contributed by atoms with Crippen molar-refractivity contribution in [2.75, 3.05) is 5.73 Å². The predicted octanol–water partition coefficient (Wildman–Crippen LogP) is 4.46. The summed E-state index contributed by atoms with van der Waals surface area (Å²) in [5, 5.41) is 0.548. The molecule has 2 rings (SSSR count). The van der Waals surface area contributed by atoms with Gasteiger partial charge in [-0.25, -0.2) is 4.39 Å². The average molecular weight is 364 g/mol. The molecule has 0 fully saturated rings. The maximum atomic E-state index is 13.4. The van der Waals surface area contributed by atoms with Crippen LogP contribution < -0.4 is 10.5 Å². The number of benzene rings is 2. The van der Waals surface area contributed by atoms with Crippen LogP contribution in [-0.2, 0) is 0 Å². The van der Waals surface area contributed by atoms with Crippen LogP contribution in [-0.4, -0.2) is 0 Å². The monoisotopic (exact) mass is 363 g/mol. The van der Waals surface area contributed by atoms with Crippen LogP contribution >= 0.6 is 34.2 Å². The molecule has 0 amide bonds. The maximum Gasteiger partial charge on any atom is 0.153 e. The van der Waals surface area contributed by atoms with Gasteiger partial charge in [0.05, 0.1) is 9.26 Å². The summed E-state index contributed by atoms with van der Waals surface area (Å²) in [6.45, 7) is 0. The van der Waals surface area contributed by atoms with Gasteiger partial charge in [-0.3, -0.25) is 0 Å². The lowest BCUT2D eigenvalue weighted by atomic mass is 10.3. The van der Waals surface area contributed by atoms with Gasteiger partial charge in [-0.05, 0) is 46.9 Å². The normalized spacial score (nSPS) is 10.3. The Morgan fingerprint density at radius 2 is 2.00 bits per heavy atom. The topological polar surface area (TPSA) is 35.2 Å². The molecule has 0 unspecified atom stereocenters. The average Bonchev–Trinajstić information content (AvgIpc) is 2.26. The van der Waals surface area contributed by atoms with Crippen molar-refractivity contribution in [2.45, 2.75) is 0 Å². The smallest absolute Gasteiger partial charge is 0.153 e. The van der Waals surface area contributed by atoms with E-state index in [1.54, 1.807) is 24.3 Å². The molecule has 0 aromatic heterocycles. The van der Waals surface area contributed by atoms with Crippen LogP contribution in [0, 0.1) is 9.39 Å². The summed E-state index contributed by atoms with van der Waals surface area (Å²) >= 11 is 7.69. The van der Waals surface area contributed by atoms with Gasteiger partial charge in [-0.1, -0.05) is 17.7 Å². The summed E-state index contributed by atoms with van der Waals surface area (Å²) in [4.78, 5) is 0. The Hall–Kier alpha value is -1.01. The van der Waals surface area contributed by atoms with Gasteiger partial charge < -0.3 is 10.5 Å². The second-order valence-electron chi connectivity index (χ2n) is 3.36. The van der Waals surface area contributed by atoms with Crippen molar-refractivity contribution < 1.29 is 9.13 Å². The number of anilines is 1. The fraction of sp³-hybridized carbons (Fsp3) is 0. The molecule has 5 heteroatoms. The van der Waals surface area contributed by atoms with E-state index >= 15 is 0 Å². The molecule has 0 saturated heterocycles. The Morgan fingerprint density at radius 1 is 1.24 bits per heavy atom. The number of ether oxygens (including phenoxy) is 1. The van der Waals surface area contributed by atoms with E-state index in [2.05, 4.69) is 0 Å². The van der Waals surface area contributed by atoms with Crippen molar-refractivity contribution in [3.8, 4) is 11.5 Å². The minimum Gasteiger partial charge on any atom is -0.455 e. The number of nitrogen functional groups attached to an aromatic ring is 1. The molecule has 0 spiro atoms. The number of nitrogens with two attached hydrogens (primary N) is 1. The zero-order valence-corrected chi connectivity index (χ0v) is 11.5. The summed E-state index contributed by atoms with van der Waals surface area (Å²) in [6.07, 6.45) is 0. The zero-order chi connectivity index (χ0) is 12.4. The molecule has 0 saturated carbocycles. The highest BCUT2D eigenvalue weighted by atomic mass is 127. The number of rotatable bonds is 2. The van der Waals surface area contributed by atoms with E-state index in [0.717, 1.165) is 0 Å². The van der Waals surface area contributed by atoms with Gasteiger partial charge in [0.25, 0.3) is 0 Å². The molecule has 0 heterocycles. The molecule has 0 atom stereocenters. The van der Waals surface area contributed by atoms with Gasteiger partial charge in [-0.15, -0.1) is 0 Å². The molecule has 0 aliphatic carbocycles. The van der Waals surface area contributed by atoms with Crippen LogP contribution in [0.1, 0.15) is 0 Å². The first-order chi connectivity index (χ1) is 8.06. The van der Waals surface area contributed by atoms with Crippen molar-refractivity contribution in [3.05, 3.63) is 50.8 Å². The van der Waals surface area contributed by atoms with Crippen molar-refractivity contribution in [1.82, 2.24) is 0 Å². The fourth-order valence-electron chi connectivity index (χ4n) is 1.29. The maximum absolute atomic E-state index is 13.4. The Kier molecular flexibility index (Phi) is 3.73. The molecule has 2 N–H and O–H groups in total. The van der Waals surface area contributed by atoms with E-state index in [-0.39, 0.29) is 11.6 Å². The van der Waals surface area contributed by atoms with Crippen LogP contribution in [0.3, 0.4) is 0 Å². The highest BCUT2D eigenvalue weighted by Crippen LogP contribution is 2.31. The summed E-state index contributed by atoms with van der Waals surface area (Å²) in [6, 6.07) is 9.62. The van der Waals surface area contributed by atoms with Gasteiger partial charge in [-0.2, -0.15) is 0 Å². The number of hydrogen-bond acceptors (Lipinski definition) is 2. The van der Waals surface area contributed by atoms with Crippen molar-refractivity contribution in [3.63, 3.8) is 0 Å². The van der Waals surface area contributed by atoms with Crippen molar-refractivity contribution in [1.29, 1.82) is 0 Å². The second kappa shape index (κ2) is 5.10. The second-order valence-corrected chi connectivity index (χ2v) is 4.96. The van der Waals surface area contributed by atoms with E-state index in [1.807, 2.05) is 22.6 Å². The van der Waals surface area contributed by atoms with Crippen LogP contribution in [0.15, 0.2) is 36.4 Å². The van der Waals surface area contributed by atoms with Crippen molar-refractivity contribution >= 4 is 39.9 Å². The van der Waals surface area contributed by atoms with E-state index in [1.165, 1.54) is 12.1 Å². The lowest BCUT2D eigenvalue weighted by Crippen LogP contribution is -1.95. The van der Waals surface area contributed by atoms with E-state index in [4.69, 9.17) is 22.1 Å². The van der Waals surface area contributed by atoms with Gasteiger partial charge >= 0.3 is 0 Å².